The fourth-order valence-electron chi connectivity index (χ4n) is 3.29. The quantitative estimate of drug-likeness (QED) is 0.758. The monoisotopic (exact) mass is 349 g/mol. The number of H-pyrrole nitrogens is 1. The summed E-state index contributed by atoms with van der Waals surface area (Å²) in [5.41, 5.74) is 2.62. The number of carbonyl (C=O) groups excluding carboxylic acids is 1. The highest BCUT2D eigenvalue weighted by Gasteiger charge is 2.19. The predicted molar refractivity (Wildman–Crippen MR) is 103 cm³/mol. The van der Waals surface area contributed by atoms with Gasteiger partial charge in [-0.2, -0.15) is 5.10 Å². The number of fused-ring (bicyclic) bond motifs is 1. The maximum Gasteiger partial charge on any atom is 0.251 e. The van der Waals surface area contributed by atoms with Crippen LogP contribution in [0.5, 0.6) is 0 Å². The third-order valence-electron chi connectivity index (χ3n) is 4.90. The fourth-order valence-corrected chi connectivity index (χ4v) is 3.29. The summed E-state index contributed by atoms with van der Waals surface area (Å²) in [7, 11) is 2.14. The van der Waals surface area contributed by atoms with Gasteiger partial charge in [0.05, 0.1) is 5.52 Å². The SMILES string of the molecule is CN1CCN(c2n[nH]c3cc(C(=O)NCc4ccccc4)ccc23)CC1. The number of piperazine rings is 1. The number of hydrogen-bond donors (Lipinski definition) is 2. The Labute approximate surface area is 152 Å². The normalized spacial score (nSPS) is 15.3. The van der Waals surface area contributed by atoms with Crippen LogP contribution in [0.3, 0.4) is 0 Å². The van der Waals surface area contributed by atoms with Gasteiger partial charge in [0.2, 0.25) is 0 Å². The van der Waals surface area contributed by atoms with Crippen molar-refractivity contribution >= 4 is 22.6 Å². The van der Waals surface area contributed by atoms with Crippen LogP contribution >= 0.6 is 0 Å². The second kappa shape index (κ2) is 7.17. The summed E-state index contributed by atoms with van der Waals surface area (Å²) in [6.45, 7) is 4.53. The second-order valence-electron chi connectivity index (χ2n) is 6.77. The summed E-state index contributed by atoms with van der Waals surface area (Å²) in [5.74, 6) is 0.899. The zero-order valence-electron chi connectivity index (χ0n) is 14.9. The maximum absolute atomic E-state index is 12.4. The topological polar surface area (TPSA) is 64.3 Å². The Balaban J connectivity index is 1.48. The Morgan fingerprint density at radius 2 is 1.88 bits per heavy atom. The smallest absolute Gasteiger partial charge is 0.251 e. The molecule has 3 aromatic rings. The maximum atomic E-state index is 12.4. The van der Waals surface area contributed by atoms with E-state index in [2.05, 4.69) is 32.4 Å². The van der Waals surface area contributed by atoms with Crippen molar-refractivity contribution in [3.8, 4) is 0 Å². The molecule has 134 valence electrons. The van der Waals surface area contributed by atoms with E-state index in [1.165, 1.54) is 0 Å². The van der Waals surface area contributed by atoms with E-state index >= 15 is 0 Å². The zero-order valence-corrected chi connectivity index (χ0v) is 14.9. The van der Waals surface area contributed by atoms with E-state index in [9.17, 15) is 4.79 Å². The van der Waals surface area contributed by atoms with Crippen LogP contribution in [0.15, 0.2) is 48.5 Å². The average molecular weight is 349 g/mol. The second-order valence-corrected chi connectivity index (χ2v) is 6.77. The molecule has 0 bridgehead atoms. The first-order valence-corrected chi connectivity index (χ1v) is 8.94. The summed E-state index contributed by atoms with van der Waals surface area (Å²) in [6.07, 6.45) is 0. The number of hydrogen-bond acceptors (Lipinski definition) is 4. The molecule has 2 heterocycles. The lowest BCUT2D eigenvalue weighted by molar-refractivity contribution is 0.0951. The van der Waals surface area contributed by atoms with E-state index in [1.807, 2.05) is 48.5 Å². The van der Waals surface area contributed by atoms with Crippen molar-refractivity contribution in [2.24, 2.45) is 0 Å². The van der Waals surface area contributed by atoms with Gasteiger partial charge in [-0.3, -0.25) is 9.89 Å². The lowest BCUT2D eigenvalue weighted by atomic mass is 10.1. The van der Waals surface area contributed by atoms with Crippen LogP contribution in [0, 0.1) is 0 Å². The summed E-state index contributed by atoms with van der Waals surface area (Å²) < 4.78 is 0. The Bertz CT molecular complexity index is 897. The molecule has 1 aromatic heterocycles. The van der Waals surface area contributed by atoms with Gasteiger partial charge >= 0.3 is 0 Å². The van der Waals surface area contributed by atoms with Crippen LogP contribution in [-0.2, 0) is 6.54 Å². The molecule has 0 unspecified atom stereocenters. The standard InChI is InChI=1S/C20H23N5O/c1-24-9-11-25(12-10-24)19-17-8-7-16(13-18(17)22-23-19)20(26)21-14-15-5-3-2-4-6-15/h2-8,13H,9-12,14H2,1H3,(H,21,26)(H,22,23). The minimum Gasteiger partial charge on any atom is -0.352 e. The molecule has 6 heteroatoms. The molecular formula is C20H23N5O. The van der Waals surface area contributed by atoms with Gasteiger partial charge in [0.15, 0.2) is 5.82 Å². The van der Waals surface area contributed by atoms with Crippen LogP contribution in [-0.4, -0.2) is 54.2 Å². The fraction of sp³-hybridized carbons (Fsp3) is 0.300. The van der Waals surface area contributed by atoms with Gasteiger partial charge in [0.25, 0.3) is 5.91 Å². The number of benzene rings is 2. The number of rotatable bonds is 4. The Morgan fingerprint density at radius 3 is 2.65 bits per heavy atom. The molecule has 0 spiro atoms. The lowest BCUT2D eigenvalue weighted by Crippen LogP contribution is -2.44. The molecule has 1 saturated heterocycles. The van der Waals surface area contributed by atoms with Crippen LogP contribution in [0.2, 0.25) is 0 Å². The van der Waals surface area contributed by atoms with Crippen molar-refractivity contribution in [2.75, 3.05) is 38.1 Å². The van der Waals surface area contributed by atoms with Crippen LogP contribution in [0.25, 0.3) is 10.9 Å². The third kappa shape index (κ3) is 3.41. The molecule has 0 radical (unpaired) electrons. The molecule has 2 N–H and O–H groups in total. The predicted octanol–water partition coefficient (Wildman–Crippen LogP) is 2.24. The first-order chi connectivity index (χ1) is 12.7. The molecule has 0 aliphatic carbocycles. The first kappa shape index (κ1) is 16.6. The highest BCUT2D eigenvalue weighted by Crippen LogP contribution is 2.25. The molecule has 1 aliphatic rings. The zero-order chi connectivity index (χ0) is 17.9. The highest BCUT2D eigenvalue weighted by molar-refractivity contribution is 6.00. The van der Waals surface area contributed by atoms with E-state index in [4.69, 9.17) is 0 Å². The number of carbonyl (C=O) groups is 1. The Morgan fingerprint density at radius 1 is 1.12 bits per heavy atom. The van der Waals surface area contributed by atoms with E-state index in [0.29, 0.717) is 12.1 Å². The Hall–Kier alpha value is -2.86. The van der Waals surface area contributed by atoms with E-state index in [-0.39, 0.29) is 5.91 Å². The third-order valence-corrected chi connectivity index (χ3v) is 4.90. The summed E-state index contributed by atoms with van der Waals surface area (Å²) >= 11 is 0. The summed E-state index contributed by atoms with van der Waals surface area (Å²) in [4.78, 5) is 17.1. The van der Waals surface area contributed by atoms with Gasteiger partial charge in [-0.05, 0) is 30.8 Å². The summed E-state index contributed by atoms with van der Waals surface area (Å²) in [5, 5.41) is 11.6. The van der Waals surface area contributed by atoms with E-state index in [0.717, 1.165) is 48.5 Å². The van der Waals surface area contributed by atoms with Gasteiger partial charge in [0.1, 0.15) is 0 Å². The van der Waals surface area contributed by atoms with Crippen molar-refractivity contribution in [1.29, 1.82) is 0 Å². The number of amides is 1. The molecule has 6 nitrogen and oxygen atoms in total. The molecule has 26 heavy (non-hydrogen) atoms. The van der Waals surface area contributed by atoms with Crippen molar-refractivity contribution in [3.63, 3.8) is 0 Å². The van der Waals surface area contributed by atoms with Gasteiger partial charge in [-0.15, -0.1) is 0 Å². The number of anilines is 1. The molecule has 2 aromatic carbocycles. The van der Waals surface area contributed by atoms with E-state index < -0.39 is 0 Å². The first-order valence-electron chi connectivity index (χ1n) is 8.94. The van der Waals surface area contributed by atoms with Crippen molar-refractivity contribution < 1.29 is 4.79 Å². The molecule has 1 amide bonds. The van der Waals surface area contributed by atoms with Crippen molar-refractivity contribution in [2.45, 2.75) is 6.54 Å². The number of aromatic amines is 1. The van der Waals surface area contributed by atoms with Crippen molar-refractivity contribution in [3.05, 3.63) is 59.7 Å². The van der Waals surface area contributed by atoms with Crippen LogP contribution < -0.4 is 10.2 Å². The minimum absolute atomic E-state index is 0.0773. The molecule has 1 fully saturated rings. The molecule has 0 atom stereocenters. The Kier molecular flexibility index (Phi) is 4.58. The number of aromatic nitrogens is 2. The van der Waals surface area contributed by atoms with Crippen LogP contribution in [0.4, 0.5) is 5.82 Å². The molecular weight excluding hydrogens is 326 g/mol. The molecule has 4 rings (SSSR count). The number of likely N-dealkylation sites (N-methyl/N-ethyl adjacent to an activating group) is 1. The van der Waals surface area contributed by atoms with Gasteiger partial charge in [0, 0.05) is 43.7 Å². The van der Waals surface area contributed by atoms with Crippen molar-refractivity contribution in [1.82, 2.24) is 20.4 Å². The number of nitrogens with one attached hydrogen (secondary N) is 2. The van der Waals surface area contributed by atoms with Gasteiger partial charge in [-0.1, -0.05) is 30.3 Å². The van der Waals surface area contributed by atoms with Gasteiger partial charge < -0.3 is 15.1 Å². The number of nitrogens with zero attached hydrogens (tertiary/aromatic N) is 3. The largest absolute Gasteiger partial charge is 0.352 e. The molecule has 0 saturated carbocycles. The van der Waals surface area contributed by atoms with Crippen LogP contribution in [0.1, 0.15) is 15.9 Å². The molecule has 1 aliphatic heterocycles. The minimum atomic E-state index is -0.0773. The lowest BCUT2D eigenvalue weighted by Gasteiger charge is -2.32. The highest BCUT2D eigenvalue weighted by atomic mass is 16.1. The average Bonchev–Trinajstić information content (AvgIpc) is 3.11. The van der Waals surface area contributed by atoms with Gasteiger partial charge in [-0.25, -0.2) is 0 Å². The van der Waals surface area contributed by atoms with E-state index in [1.54, 1.807) is 0 Å². The summed E-state index contributed by atoms with van der Waals surface area (Å²) in [6, 6.07) is 15.6.